The zero-order chi connectivity index (χ0) is 13.5. The van der Waals surface area contributed by atoms with Gasteiger partial charge in [0.05, 0.1) is 6.61 Å². The molecule has 0 saturated heterocycles. The number of hydrogen-bond donors (Lipinski definition) is 1. The van der Waals surface area contributed by atoms with E-state index < -0.39 is 0 Å². The van der Waals surface area contributed by atoms with E-state index in [2.05, 4.69) is 32.0 Å². The fraction of sp³-hybridized carbons (Fsp3) is 0.375. The molecule has 1 aromatic carbocycles. The SMILES string of the molecule is CC.CC(C)c1ccc(-c2ccccc2CO)s1. The third-order valence-corrected chi connectivity index (χ3v) is 4.07. The van der Waals surface area contributed by atoms with Gasteiger partial charge in [-0.2, -0.15) is 0 Å². The second-order valence-electron chi connectivity index (χ2n) is 4.17. The Labute approximate surface area is 114 Å². The fourth-order valence-electron chi connectivity index (χ4n) is 1.71. The van der Waals surface area contributed by atoms with Gasteiger partial charge in [-0.05, 0) is 29.2 Å². The van der Waals surface area contributed by atoms with Crippen LogP contribution in [0, 0.1) is 0 Å². The number of aliphatic hydroxyl groups excluding tert-OH is 1. The van der Waals surface area contributed by atoms with E-state index in [0.29, 0.717) is 5.92 Å². The largest absolute Gasteiger partial charge is 0.392 e. The van der Waals surface area contributed by atoms with E-state index in [-0.39, 0.29) is 6.61 Å². The second-order valence-corrected chi connectivity index (χ2v) is 5.29. The van der Waals surface area contributed by atoms with Gasteiger partial charge in [-0.1, -0.05) is 52.0 Å². The zero-order valence-electron chi connectivity index (χ0n) is 11.6. The van der Waals surface area contributed by atoms with Crippen molar-refractivity contribution in [3.63, 3.8) is 0 Å². The van der Waals surface area contributed by atoms with E-state index in [9.17, 15) is 5.11 Å². The normalized spacial score (nSPS) is 10.1. The van der Waals surface area contributed by atoms with Crippen LogP contribution in [-0.2, 0) is 6.61 Å². The number of benzene rings is 1. The van der Waals surface area contributed by atoms with Gasteiger partial charge in [0.2, 0.25) is 0 Å². The lowest BCUT2D eigenvalue weighted by atomic mass is 10.1. The standard InChI is InChI=1S/C14H16OS.C2H6/c1-10(2)13-7-8-14(16-13)12-6-4-3-5-11(12)9-15;1-2/h3-8,10,15H,9H2,1-2H3;1-2H3. The molecule has 0 aliphatic carbocycles. The first-order chi connectivity index (χ1) is 8.72. The molecule has 0 bridgehead atoms. The summed E-state index contributed by atoms with van der Waals surface area (Å²) in [6.07, 6.45) is 0. The van der Waals surface area contributed by atoms with Gasteiger partial charge in [0.15, 0.2) is 0 Å². The molecule has 18 heavy (non-hydrogen) atoms. The van der Waals surface area contributed by atoms with Crippen molar-refractivity contribution in [2.75, 3.05) is 0 Å². The molecule has 0 fully saturated rings. The summed E-state index contributed by atoms with van der Waals surface area (Å²) in [5.74, 6) is 0.569. The van der Waals surface area contributed by atoms with Crippen molar-refractivity contribution in [3.8, 4) is 10.4 Å². The van der Waals surface area contributed by atoms with E-state index in [1.54, 1.807) is 0 Å². The second kappa shape index (κ2) is 7.34. The summed E-state index contributed by atoms with van der Waals surface area (Å²) in [5, 5.41) is 9.30. The summed E-state index contributed by atoms with van der Waals surface area (Å²) in [6.45, 7) is 8.51. The van der Waals surface area contributed by atoms with Crippen LogP contribution in [-0.4, -0.2) is 5.11 Å². The van der Waals surface area contributed by atoms with E-state index >= 15 is 0 Å². The van der Waals surface area contributed by atoms with E-state index in [4.69, 9.17) is 0 Å². The van der Waals surface area contributed by atoms with Gasteiger partial charge in [0, 0.05) is 9.75 Å². The third kappa shape index (κ3) is 3.44. The van der Waals surface area contributed by atoms with Crippen LogP contribution in [0.15, 0.2) is 36.4 Å². The Bertz CT molecular complexity index is 471. The molecule has 2 aromatic rings. The van der Waals surface area contributed by atoms with Crippen molar-refractivity contribution < 1.29 is 5.11 Å². The number of hydrogen-bond acceptors (Lipinski definition) is 2. The maximum absolute atomic E-state index is 9.30. The third-order valence-electron chi connectivity index (χ3n) is 2.65. The molecule has 1 aromatic heterocycles. The van der Waals surface area contributed by atoms with Crippen LogP contribution in [0.1, 0.15) is 44.1 Å². The lowest BCUT2D eigenvalue weighted by molar-refractivity contribution is 0.282. The summed E-state index contributed by atoms with van der Waals surface area (Å²) in [4.78, 5) is 2.64. The van der Waals surface area contributed by atoms with E-state index in [1.807, 2.05) is 43.4 Å². The fourth-order valence-corrected chi connectivity index (χ4v) is 2.78. The highest BCUT2D eigenvalue weighted by atomic mass is 32.1. The summed E-state index contributed by atoms with van der Waals surface area (Å²) >= 11 is 1.81. The van der Waals surface area contributed by atoms with Crippen LogP contribution < -0.4 is 0 Å². The maximum Gasteiger partial charge on any atom is 0.0688 e. The Balaban J connectivity index is 0.000000771. The first kappa shape index (κ1) is 14.9. The molecule has 1 nitrogen and oxygen atoms in total. The number of rotatable bonds is 3. The lowest BCUT2D eigenvalue weighted by Gasteiger charge is -2.04. The highest BCUT2D eigenvalue weighted by Crippen LogP contribution is 2.33. The van der Waals surface area contributed by atoms with Crippen molar-refractivity contribution >= 4 is 11.3 Å². The summed E-state index contributed by atoms with van der Waals surface area (Å²) in [5.41, 5.74) is 2.15. The van der Waals surface area contributed by atoms with Crippen molar-refractivity contribution in [1.82, 2.24) is 0 Å². The summed E-state index contributed by atoms with van der Waals surface area (Å²) in [6, 6.07) is 12.4. The molecular formula is C16H22OS. The zero-order valence-corrected chi connectivity index (χ0v) is 12.4. The molecule has 0 saturated carbocycles. The summed E-state index contributed by atoms with van der Waals surface area (Å²) < 4.78 is 0. The quantitative estimate of drug-likeness (QED) is 0.820. The number of aliphatic hydroxyl groups is 1. The molecule has 0 amide bonds. The molecule has 0 spiro atoms. The minimum Gasteiger partial charge on any atom is -0.392 e. The van der Waals surface area contributed by atoms with E-state index in [1.165, 1.54) is 9.75 Å². The monoisotopic (exact) mass is 262 g/mol. The Hall–Kier alpha value is -1.12. The summed E-state index contributed by atoms with van der Waals surface area (Å²) in [7, 11) is 0. The molecule has 0 atom stereocenters. The first-order valence-corrected chi connectivity index (χ1v) is 7.33. The van der Waals surface area contributed by atoms with Crippen molar-refractivity contribution in [2.24, 2.45) is 0 Å². The molecule has 1 N–H and O–H groups in total. The molecule has 98 valence electrons. The van der Waals surface area contributed by atoms with Crippen LogP contribution in [0.2, 0.25) is 0 Å². The minimum atomic E-state index is 0.102. The van der Waals surface area contributed by atoms with Crippen LogP contribution in [0.25, 0.3) is 10.4 Å². The van der Waals surface area contributed by atoms with Crippen molar-refractivity contribution in [3.05, 3.63) is 46.8 Å². The van der Waals surface area contributed by atoms with Crippen LogP contribution in [0.5, 0.6) is 0 Å². The smallest absolute Gasteiger partial charge is 0.0688 e. The molecule has 0 radical (unpaired) electrons. The van der Waals surface area contributed by atoms with Gasteiger partial charge in [0.1, 0.15) is 0 Å². The number of thiophene rings is 1. The predicted octanol–water partition coefficient (Wildman–Crippen LogP) is 5.06. The van der Waals surface area contributed by atoms with Gasteiger partial charge in [-0.15, -0.1) is 11.3 Å². The molecule has 0 aliphatic heterocycles. The Morgan fingerprint density at radius 1 is 1.06 bits per heavy atom. The van der Waals surface area contributed by atoms with Gasteiger partial charge in [-0.3, -0.25) is 0 Å². The highest BCUT2D eigenvalue weighted by molar-refractivity contribution is 7.15. The van der Waals surface area contributed by atoms with Gasteiger partial charge >= 0.3 is 0 Å². The highest BCUT2D eigenvalue weighted by Gasteiger charge is 2.08. The topological polar surface area (TPSA) is 20.2 Å². The predicted molar refractivity (Wildman–Crippen MR) is 81.1 cm³/mol. The Kier molecular flexibility index (Phi) is 6.10. The molecule has 0 aliphatic rings. The Morgan fingerprint density at radius 3 is 2.28 bits per heavy atom. The van der Waals surface area contributed by atoms with Crippen molar-refractivity contribution in [2.45, 2.75) is 40.2 Å². The molecule has 1 heterocycles. The van der Waals surface area contributed by atoms with Crippen LogP contribution in [0.3, 0.4) is 0 Å². The molecule has 2 heteroatoms. The lowest BCUT2D eigenvalue weighted by Crippen LogP contribution is -1.86. The van der Waals surface area contributed by atoms with E-state index in [0.717, 1.165) is 11.1 Å². The van der Waals surface area contributed by atoms with Crippen molar-refractivity contribution in [1.29, 1.82) is 0 Å². The maximum atomic E-state index is 9.30. The molecular weight excluding hydrogens is 240 g/mol. The minimum absolute atomic E-state index is 0.102. The average molecular weight is 262 g/mol. The van der Waals surface area contributed by atoms with Crippen LogP contribution >= 0.6 is 11.3 Å². The average Bonchev–Trinajstić information content (AvgIpc) is 2.90. The van der Waals surface area contributed by atoms with Gasteiger partial charge < -0.3 is 5.11 Å². The van der Waals surface area contributed by atoms with Crippen LogP contribution in [0.4, 0.5) is 0 Å². The first-order valence-electron chi connectivity index (χ1n) is 6.51. The van der Waals surface area contributed by atoms with Gasteiger partial charge in [-0.25, -0.2) is 0 Å². The van der Waals surface area contributed by atoms with Gasteiger partial charge in [0.25, 0.3) is 0 Å². The molecule has 2 rings (SSSR count). The molecule has 0 unspecified atom stereocenters. The Morgan fingerprint density at radius 2 is 1.72 bits per heavy atom.